The van der Waals surface area contributed by atoms with Crippen LogP contribution in [-0.2, 0) is 11.2 Å². The van der Waals surface area contributed by atoms with E-state index in [4.69, 9.17) is 32.9 Å². The molecular formula is C30H28Cl2FN5O2. The van der Waals surface area contributed by atoms with Gasteiger partial charge in [-0.25, -0.2) is 14.2 Å². The number of fused-ring (bicyclic) bond motifs is 4. The van der Waals surface area contributed by atoms with E-state index in [0.29, 0.717) is 51.2 Å². The Labute approximate surface area is 241 Å². The minimum absolute atomic E-state index is 0.159. The maximum Gasteiger partial charge on any atom is 0.407 e. The number of amides is 1. The first-order chi connectivity index (χ1) is 19.2. The van der Waals surface area contributed by atoms with E-state index in [-0.39, 0.29) is 29.0 Å². The molecule has 7 rings (SSSR count). The summed E-state index contributed by atoms with van der Waals surface area (Å²) in [7, 11) is 1.34. The fourth-order valence-corrected chi connectivity index (χ4v) is 6.88. The van der Waals surface area contributed by atoms with Gasteiger partial charge in [-0.2, -0.15) is 5.26 Å². The number of halogens is 3. The Bertz CT molecular complexity index is 1720. The van der Waals surface area contributed by atoms with E-state index in [2.05, 4.69) is 21.3 Å². The van der Waals surface area contributed by atoms with Gasteiger partial charge < -0.3 is 19.9 Å². The molecule has 4 atom stereocenters. The SMILES string of the molecule is COC(=O)N[C@H](C)c1cc2c(C)nc3c(F)c(-c4cccc(Cl)c4Cl)c(CCC#N)cc3c2n1[C@H]1[C@H]2CN[C@@H]1C2. The highest BCUT2D eigenvalue weighted by molar-refractivity contribution is 6.43. The molecule has 0 radical (unpaired) electrons. The minimum Gasteiger partial charge on any atom is -0.453 e. The molecule has 2 bridgehead atoms. The Kier molecular flexibility index (Phi) is 6.86. The number of rotatable bonds is 6. The molecule has 7 nitrogen and oxygen atoms in total. The van der Waals surface area contributed by atoms with E-state index >= 15 is 4.39 Å². The summed E-state index contributed by atoms with van der Waals surface area (Å²) in [6.45, 7) is 4.70. The van der Waals surface area contributed by atoms with Crippen LogP contribution in [0.15, 0.2) is 30.3 Å². The number of alkyl carbamates (subject to hydrolysis) is 1. The van der Waals surface area contributed by atoms with Crippen LogP contribution >= 0.6 is 23.2 Å². The van der Waals surface area contributed by atoms with Crippen LogP contribution in [0, 0.1) is 30.0 Å². The third-order valence-corrected chi connectivity index (χ3v) is 9.21. The van der Waals surface area contributed by atoms with Crippen LogP contribution < -0.4 is 10.6 Å². The molecule has 1 aliphatic carbocycles. The Morgan fingerprint density at radius 1 is 1.35 bits per heavy atom. The molecule has 4 heterocycles. The molecule has 206 valence electrons. The molecule has 2 aromatic carbocycles. The zero-order valence-electron chi connectivity index (χ0n) is 22.3. The van der Waals surface area contributed by atoms with E-state index in [1.165, 1.54) is 7.11 Å². The molecule has 0 unspecified atom stereocenters. The molecule has 2 saturated heterocycles. The highest BCUT2D eigenvalue weighted by Crippen LogP contribution is 2.49. The number of benzene rings is 2. The lowest BCUT2D eigenvalue weighted by Crippen LogP contribution is -2.40. The largest absolute Gasteiger partial charge is 0.453 e. The zero-order valence-corrected chi connectivity index (χ0v) is 23.8. The lowest BCUT2D eigenvalue weighted by atomic mass is 9.79. The molecule has 2 aromatic heterocycles. The Morgan fingerprint density at radius 2 is 2.15 bits per heavy atom. The van der Waals surface area contributed by atoms with Crippen LogP contribution in [0.5, 0.6) is 0 Å². The predicted octanol–water partition coefficient (Wildman–Crippen LogP) is 7.02. The van der Waals surface area contributed by atoms with Crippen molar-refractivity contribution in [3.63, 3.8) is 0 Å². The van der Waals surface area contributed by atoms with Crippen LogP contribution in [0.4, 0.5) is 9.18 Å². The van der Waals surface area contributed by atoms with Gasteiger partial charge in [-0.3, -0.25) is 0 Å². The van der Waals surface area contributed by atoms with Crippen molar-refractivity contribution >= 4 is 51.1 Å². The summed E-state index contributed by atoms with van der Waals surface area (Å²) in [5, 5.41) is 18.0. The summed E-state index contributed by atoms with van der Waals surface area (Å²) in [5.74, 6) is -0.0648. The van der Waals surface area contributed by atoms with Crippen molar-refractivity contribution in [3.8, 4) is 17.2 Å². The molecule has 1 amide bonds. The van der Waals surface area contributed by atoms with Gasteiger partial charge in [0.15, 0.2) is 5.82 Å². The van der Waals surface area contributed by atoms with Gasteiger partial charge in [-0.05, 0) is 56.4 Å². The van der Waals surface area contributed by atoms with Gasteiger partial charge in [0.05, 0.1) is 40.8 Å². The maximum atomic E-state index is 16.7. The molecule has 2 N–H and O–H groups in total. The number of pyridine rings is 1. The normalized spacial score (nSPS) is 20.4. The molecule has 40 heavy (non-hydrogen) atoms. The van der Waals surface area contributed by atoms with Gasteiger partial charge in [-0.15, -0.1) is 0 Å². The van der Waals surface area contributed by atoms with E-state index in [1.807, 2.05) is 26.0 Å². The van der Waals surface area contributed by atoms with Crippen molar-refractivity contribution in [2.24, 2.45) is 5.92 Å². The third kappa shape index (κ3) is 4.11. The minimum atomic E-state index is -0.522. The summed E-state index contributed by atoms with van der Waals surface area (Å²) in [5.41, 5.74) is 4.13. The highest BCUT2D eigenvalue weighted by atomic mass is 35.5. The van der Waals surface area contributed by atoms with Gasteiger partial charge in [0.25, 0.3) is 0 Å². The Balaban J connectivity index is 1.68. The van der Waals surface area contributed by atoms with E-state index < -0.39 is 11.9 Å². The van der Waals surface area contributed by atoms with Gasteiger partial charge in [-0.1, -0.05) is 35.3 Å². The summed E-state index contributed by atoms with van der Waals surface area (Å²) >= 11 is 12.9. The maximum absolute atomic E-state index is 16.7. The number of carbonyl (C=O) groups is 1. The summed E-state index contributed by atoms with van der Waals surface area (Å²) in [6, 6.07) is 11.4. The van der Waals surface area contributed by atoms with Gasteiger partial charge in [0.2, 0.25) is 0 Å². The monoisotopic (exact) mass is 579 g/mol. The second-order valence-electron chi connectivity index (χ2n) is 10.6. The molecule has 3 aliphatic rings. The van der Waals surface area contributed by atoms with Crippen LogP contribution in [0.1, 0.15) is 48.8 Å². The number of carbonyl (C=O) groups excluding carboxylic acids is 1. The highest BCUT2D eigenvalue weighted by Gasteiger charge is 2.49. The Morgan fingerprint density at radius 3 is 2.83 bits per heavy atom. The lowest BCUT2D eigenvalue weighted by Gasteiger charge is -2.38. The first-order valence-electron chi connectivity index (χ1n) is 13.3. The zero-order chi connectivity index (χ0) is 28.3. The topological polar surface area (TPSA) is 92.0 Å². The number of nitrogens with zero attached hydrogens (tertiary/aromatic N) is 3. The van der Waals surface area contributed by atoms with Crippen LogP contribution in [-0.4, -0.2) is 35.3 Å². The number of hydrogen-bond acceptors (Lipinski definition) is 5. The fourth-order valence-electron chi connectivity index (χ4n) is 6.49. The van der Waals surface area contributed by atoms with Crippen LogP contribution in [0.25, 0.3) is 32.9 Å². The van der Waals surface area contributed by atoms with Crippen LogP contribution in [0.2, 0.25) is 10.0 Å². The number of hydrogen-bond donors (Lipinski definition) is 2. The first kappa shape index (κ1) is 26.8. The van der Waals surface area contributed by atoms with Gasteiger partial charge in [0.1, 0.15) is 5.52 Å². The van der Waals surface area contributed by atoms with Gasteiger partial charge in [0, 0.05) is 52.3 Å². The van der Waals surface area contributed by atoms with E-state index in [0.717, 1.165) is 29.6 Å². The number of ether oxygens (including phenoxy) is 1. The molecule has 4 aromatic rings. The first-order valence-corrected chi connectivity index (χ1v) is 14.1. The number of methoxy groups -OCH3 is 1. The van der Waals surface area contributed by atoms with Crippen molar-refractivity contribution in [1.82, 2.24) is 20.2 Å². The smallest absolute Gasteiger partial charge is 0.407 e. The number of nitriles is 1. The summed E-state index contributed by atoms with van der Waals surface area (Å²) in [4.78, 5) is 16.9. The van der Waals surface area contributed by atoms with E-state index in [1.54, 1.807) is 18.2 Å². The molecule has 0 spiro atoms. The summed E-state index contributed by atoms with van der Waals surface area (Å²) < 4.78 is 23.8. The number of aromatic nitrogens is 2. The fraction of sp³-hybridized carbons (Fsp3) is 0.367. The lowest BCUT2D eigenvalue weighted by molar-refractivity contribution is 0.166. The molecule has 10 heteroatoms. The quantitative estimate of drug-likeness (QED) is 0.256. The molecule has 1 saturated carbocycles. The van der Waals surface area contributed by atoms with Crippen molar-refractivity contribution in [1.29, 1.82) is 5.26 Å². The van der Waals surface area contributed by atoms with E-state index in [9.17, 15) is 10.1 Å². The average molecular weight is 580 g/mol. The predicted molar refractivity (Wildman–Crippen MR) is 154 cm³/mol. The van der Waals surface area contributed by atoms with Crippen molar-refractivity contribution in [3.05, 3.63) is 63.1 Å². The van der Waals surface area contributed by atoms with Crippen LogP contribution in [0.3, 0.4) is 0 Å². The number of aryl methyl sites for hydroxylation is 2. The van der Waals surface area contributed by atoms with Gasteiger partial charge >= 0.3 is 6.09 Å². The molecular weight excluding hydrogens is 552 g/mol. The Hall–Kier alpha value is -3.38. The van der Waals surface area contributed by atoms with Crippen molar-refractivity contribution in [2.45, 2.75) is 51.2 Å². The second-order valence-corrected chi connectivity index (χ2v) is 11.4. The molecule has 3 fully saturated rings. The van der Waals surface area contributed by atoms with Crippen molar-refractivity contribution in [2.75, 3.05) is 13.7 Å². The summed E-state index contributed by atoms with van der Waals surface area (Å²) in [6.07, 6.45) is 1.10. The third-order valence-electron chi connectivity index (χ3n) is 8.40. The molecule has 2 aliphatic heterocycles. The average Bonchev–Trinajstić information content (AvgIpc) is 3.66. The standard InChI is InChI=1S/C30H28Cl2FN5O2/c1-14-19-12-23(15(2)37-30(39)40-3)38(28-17-11-22(28)35-13-17)29(19)20-10-16(6-5-9-34)24(26(33)27(20)36-14)18-7-4-8-21(31)25(18)32/h4,7-8,10,12,15,17,22,28,35H,5-6,11,13H2,1-3H3,(H,37,39)/t15-,17-,22-,28+/m1/s1. The second kappa shape index (κ2) is 10.2. The number of nitrogens with one attached hydrogen (secondary N) is 2. The van der Waals surface area contributed by atoms with Crippen molar-refractivity contribution < 1.29 is 13.9 Å².